The Kier molecular flexibility index (Phi) is 5.33. The van der Waals surface area contributed by atoms with E-state index in [2.05, 4.69) is 21.1 Å². The van der Waals surface area contributed by atoms with Crippen molar-refractivity contribution in [2.75, 3.05) is 39.2 Å². The molecule has 0 aliphatic heterocycles. The molecule has 0 heterocycles. The molecule has 0 unspecified atom stereocenters. The second-order valence-electron chi connectivity index (χ2n) is 3.84. The molecule has 0 rings (SSSR count). The lowest BCUT2D eigenvalue weighted by molar-refractivity contribution is -0.867. The van der Waals surface area contributed by atoms with Gasteiger partial charge in [-0.3, -0.25) is 4.79 Å². The Morgan fingerprint density at radius 2 is 1.92 bits per heavy atom. The summed E-state index contributed by atoms with van der Waals surface area (Å²) >= 11 is 1.79. The van der Waals surface area contributed by atoms with Crippen LogP contribution in [0.2, 0.25) is 0 Å². The molecule has 3 nitrogen and oxygen atoms in total. The number of carbonyl (C=O) groups is 1. The standard InChI is InChI=1S/C8H18N2OS/c1-10(2,3)5-7-12-6-4-8(9)11/h4-7H2,1-3H3,(H-,9,11)/p+1. The third kappa shape index (κ3) is 9.78. The topological polar surface area (TPSA) is 43.1 Å². The largest absolute Gasteiger partial charge is 0.370 e. The number of nitrogens with zero attached hydrogens (tertiary/aromatic N) is 1. The highest BCUT2D eigenvalue weighted by atomic mass is 32.2. The van der Waals surface area contributed by atoms with Gasteiger partial charge in [0.25, 0.3) is 0 Å². The van der Waals surface area contributed by atoms with Gasteiger partial charge in [-0.25, -0.2) is 0 Å². The molecule has 72 valence electrons. The second-order valence-corrected chi connectivity index (χ2v) is 5.07. The van der Waals surface area contributed by atoms with Crippen LogP contribution >= 0.6 is 11.8 Å². The minimum absolute atomic E-state index is 0.201. The van der Waals surface area contributed by atoms with Crippen LogP contribution < -0.4 is 5.73 Å². The van der Waals surface area contributed by atoms with Gasteiger partial charge in [-0.05, 0) is 0 Å². The van der Waals surface area contributed by atoms with Gasteiger partial charge in [0.05, 0.1) is 27.7 Å². The summed E-state index contributed by atoms with van der Waals surface area (Å²) in [5, 5.41) is 0. The Morgan fingerprint density at radius 3 is 2.33 bits per heavy atom. The maximum atomic E-state index is 10.4. The highest BCUT2D eigenvalue weighted by Gasteiger charge is 2.05. The number of rotatable bonds is 6. The summed E-state index contributed by atoms with van der Waals surface area (Å²) in [5.74, 6) is 1.75. The smallest absolute Gasteiger partial charge is 0.218 e. The van der Waals surface area contributed by atoms with Crippen LogP contribution in [0, 0.1) is 0 Å². The first-order valence-corrected chi connectivity index (χ1v) is 5.24. The van der Waals surface area contributed by atoms with Crippen molar-refractivity contribution < 1.29 is 9.28 Å². The molecule has 0 aliphatic rings. The lowest BCUT2D eigenvalue weighted by atomic mass is 10.5. The van der Waals surface area contributed by atoms with E-state index in [-0.39, 0.29) is 5.91 Å². The van der Waals surface area contributed by atoms with Crippen molar-refractivity contribution in [1.29, 1.82) is 0 Å². The first-order valence-electron chi connectivity index (χ1n) is 4.08. The number of carbonyl (C=O) groups excluding carboxylic acids is 1. The van der Waals surface area contributed by atoms with Crippen LogP contribution in [0.3, 0.4) is 0 Å². The number of primary amides is 1. The van der Waals surface area contributed by atoms with Crippen LogP contribution in [0.25, 0.3) is 0 Å². The number of nitrogens with two attached hydrogens (primary N) is 1. The Bertz CT molecular complexity index is 142. The predicted octanol–water partition coefficient (Wildman–Crippen LogP) is 0.301. The van der Waals surface area contributed by atoms with Crippen molar-refractivity contribution in [2.45, 2.75) is 6.42 Å². The highest BCUT2D eigenvalue weighted by molar-refractivity contribution is 7.99. The summed E-state index contributed by atoms with van der Waals surface area (Å²) in [6.07, 6.45) is 0.502. The van der Waals surface area contributed by atoms with E-state index in [0.29, 0.717) is 6.42 Å². The molecule has 0 aliphatic carbocycles. The molecule has 0 saturated heterocycles. The zero-order valence-corrected chi connectivity index (χ0v) is 8.99. The van der Waals surface area contributed by atoms with Crippen molar-refractivity contribution >= 4 is 17.7 Å². The van der Waals surface area contributed by atoms with Crippen LogP contribution in [0.4, 0.5) is 0 Å². The van der Waals surface area contributed by atoms with Crippen LogP contribution in [0.15, 0.2) is 0 Å². The van der Waals surface area contributed by atoms with E-state index in [0.717, 1.165) is 22.5 Å². The van der Waals surface area contributed by atoms with Gasteiger partial charge >= 0.3 is 0 Å². The fraction of sp³-hybridized carbons (Fsp3) is 0.875. The van der Waals surface area contributed by atoms with Crippen LogP contribution in [-0.2, 0) is 4.79 Å². The van der Waals surface area contributed by atoms with Crippen molar-refractivity contribution in [3.05, 3.63) is 0 Å². The summed E-state index contributed by atoms with van der Waals surface area (Å²) in [4.78, 5) is 10.4. The molecule has 2 N–H and O–H groups in total. The molecule has 0 spiro atoms. The van der Waals surface area contributed by atoms with E-state index in [4.69, 9.17) is 5.73 Å². The monoisotopic (exact) mass is 191 g/mol. The third-order valence-corrected chi connectivity index (χ3v) is 2.36. The van der Waals surface area contributed by atoms with Gasteiger partial charge in [-0.1, -0.05) is 0 Å². The van der Waals surface area contributed by atoms with E-state index in [1.807, 2.05) is 0 Å². The van der Waals surface area contributed by atoms with E-state index in [1.165, 1.54) is 0 Å². The van der Waals surface area contributed by atoms with Crippen LogP contribution in [0.1, 0.15) is 6.42 Å². The van der Waals surface area contributed by atoms with Gasteiger partial charge in [-0.2, -0.15) is 11.8 Å². The average Bonchev–Trinajstić information content (AvgIpc) is 1.83. The van der Waals surface area contributed by atoms with Gasteiger partial charge < -0.3 is 10.2 Å². The number of quaternary nitrogens is 1. The Morgan fingerprint density at radius 1 is 1.33 bits per heavy atom. The quantitative estimate of drug-likeness (QED) is 0.485. The predicted molar refractivity (Wildman–Crippen MR) is 54.0 cm³/mol. The molecule has 1 amide bonds. The molecule has 0 saturated carbocycles. The minimum atomic E-state index is -0.201. The van der Waals surface area contributed by atoms with Gasteiger partial charge in [-0.15, -0.1) is 0 Å². The highest BCUT2D eigenvalue weighted by Crippen LogP contribution is 2.03. The molecular weight excluding hydrogens is 172 g/mol. The number of hydrogen-bond donors (Lipinski definition) is 1. The van der Waals surface area contributed by atoms with Gasteiger partial charge in [0.1, 0.15) is 0 Å². The SMILES string of the molecule is C[N+](C)(C)CCSCCC(N)=O. The lowest BCUT2D eigenvalue weighted by Gasteiger charge is -2.23. The maximum Gasteiger partial charge on any atom is 0.218 e. The van der Waals surface area contributed by atoms with E-state index in [9.17, 15) is 4.79 Å². The molecule has 0 atom stereocenters. The first-order chi connectivity index (χ1) is 5.42. The van der Waals surface area contributed by atoms with Crippen molar-refractivity contribution in [2.24, 2.45) is 5.73 Å². The summed E-state index contributed by atoms with van der Waals surface area (Å²) in [6.45, 7) is 1.13. The summed E-state index contributed by atoms with van der Waals surface area (Å²) in [6, 6.07) is 0. The molecule has 0 bridgehead atoms. The van der Waals surface area contributed by atoms with Crippen LogP contribution in [0.5, 0.6) is 0 Å². The molecule has 0 aromatic rings. The Labute approximate surface area is 78.9 Å². The summed E-state index contributed by atoms with van der Waals surface area (Å²) < 4.78 is 0.976. The fourth-order valence-corrected chi connectivity index (χ4v) is 1.84. The second kappa shape index (κ2) is 5.43. The zero-order chi connectivity index (χ0) is 9.61. The summed E-state index contributed by atoms with van der Waals surface area (Å²) in [7, 11) is 6.48. The van der Waals surface area contributed by atoms with E-state index in [1.54, 1.807) is 11.8 Å². The molecule has 0 fully saturated rings. The Balaban J connectivity index is 3.17. The van der Waals surface area contributed by atoms with E-state index < -0.39 is 0 Å². The molecule has 4 heteroatoms. The average molecular weight is 191 g/mol. The van der Waals surface area contributed by atoms with Crippen molar-refractivity contribution in [3.8, 4) is 0 Å². The Hall–Kier alpha value is -0.220. The van der Waals surface area contributed by atoms with E-state index >= 15 is 0 Å². The number of hydrogen-bond acceptors (Lipinski definition) is 2. The third-order valence-electron chi connectivity index (χ3n) is 1.40. The molecule has 0 radical (unpaired) electrons. The van der Waals surface area contributed by atoms with Gasteiger partial charge in [0.15, 0.2) is 0 Å². The molecule has 12 heavy (non-hydrogen) atoms. The minimum Gasteiger partial charge on any atom is -0.370 e. The van der Waals surface area contributed by atoms with Gasteiger partial charge in [0.2, 0.25) is 5.91 Å². The number of amides is 1. The first kappa shape index (κ1) is 11.8. The summed E-state index contributed by atoms with van der Waals surface area (Å²) in [5.41, 5.74) is 5.00. The van der Waals surface area contributed by atoms with Crippen LogP contribution in [-0.4, -0.2) is 49.6 Å². The van der Waals surface area contributed by atoms with Gasteiger partial charge in [0, 0.05) is 17.9 Å². The zero-order valence-electron chi connectivity index (χ0n) is 8.17. The lowest BCUT2D eigenvalue weighted by Crippen LogP contribution is -2.36. The number of thioether (sulfide) groups is 1. The molecular formula is C8H19N2OS+. The molecule has 0 aromatic heterocycles. The van der Waals surface area contributed by atoms with Crippen molar-refractivity contribution in [3.63, 3.8) is 0 Å². The fourth-order valence-electron chi connectivity index (χ4n) is 0.613. The maximum absolute atomic E-state index is 10.4. The van der Waals surface area contributed by atoms with Crippen molar-refractivity contribution in [1.82, 2.24) is 0 Å². The normalized spacial score (nSPS) is 11.6. The molecule has 0 aromatic carbocycles.